The molecular weight excluding hydrogens is 674 g/mol. The molecule has 0 unspecified atom stereocenters. The van der Waals surface area contributed by atoms with Gasteiger partial charge in [-0.3, -0.25) is 4.57 Å². The Balaban J connectivity index is 1.14. The zero-order chi connectivity index (χ0) is 36.2. The lowest BCUT2D eigenvalue weighted by Gasteiger charge is -2.21. The van der Waals surface area contributed by atoms with Crippen molar-refractivity contribution in [3.05, 3.63) is 83.6 Å². The number of urea groups is 1. The highest BCUT2D eigenvalue weighted by Crippen LogP contribution is 2.39. The molecule has 7 N–H and O–H groups in total. The van der Waals surface area contributed by atoms with Gasteiger partial charge in [0.2, 0.25) is 11.8 Å². The van der Waals surface area contributed by atoms with Crippen molar-refractivity contribution in [3.63, 3.8) is 0 Å². The molecule has 2 saturated heterocycles. The van der Waals surface area contributed by atoms with E-state index in [1.165, 1.54) is 11.1 Å². The second-order valence-electron chi connectivity index (χ2n) is 13.1. The van der Waals surface area contributed by atoms with Gasteiger partial charge in [0.1, 0.15) is 23.5 Å². The summed E-state index contributed by atoms with van der Waals surface area (Å²) in [6, 6.07) is 16.0. The summed E-state index contributed by atoms with van der Waals surface area (Å²) in [5, 5.41) is 69.3. The Kier molecular flexibility index (Phi) is 10.5. The number of phenolic OH excluding ortho intramolecular Hbond substituents is 1. The molecule has 5 heterocycles. The normalized spacial score (nSPS) is 22.2. The van der Waals surface area contributed by atoms with Crippen molar-refractivity contribution in [2.75, 3.05) is 31.2 Å². The number of imidazole rings is 1. The van der Waals surface area contributed by atoms with E-state index in [1.807, 2.05) is 41.3 Å². The highest BCUT2D eigenvalue weighted by atomic mass is 16.6. The maximum Gasteiger partial charge on any atom is 0.315 e. The first-order valence-corrected chi connectivity index (χ1v) is 17.1. The monoisotopic (exact) mass is 715 g/mol. The van der Waals surface area contributed by atoms with Crippen LogP contribution in [0, 0.1) is 5.92 Å². The molecule has 5 aromatic rings. The van der Waals surface area contributed by atoms with Crippen LogP contribution in [0.15, 0.2) is 60.9 Å². The Morgan fingerprint density at radius 3 is 2.63 bits per heavy atom. The van der Waals surface area contributed by atoms with Gasteiger partial charge >= 0.3 is 6.03 Å². The molecule has 18 nitrogen and oxygen atoms in total. The van der Waals surface area contributed by atoms with Crippen LogP contribution in [0.3, 0.4) is 0 Å². The van der Waals surface area contributed by atoms with Gasteiger partial charge in [0.15, 0.2) is 18.0 Å². The number of fused-ring (bicyclic) bond motifs is 1. The van der Waals surface area contributed by atoms with Crippen LogP contribution < -0.4 is 15.5 Å². The van der Waals surface area contributed by atoms with E-state index in [2.05, 4.69) is 31.0 Å². The number of aromatic hydroxyl groups is 1. The van der Waals surface area contributed by atoms with Crippen molar-refractivity contribution in [2.24, 2.45) is 5.92 Å². The minimum Gasteiger partial charge on any atom is -0.508 e. The van der Waals surface area contributed by atoms with Crippen molar-refractivity contribution in [1.29, 1.82) is 0 Å². The Morgan fingerprint density at radius 1 is 1.02 bits per heavy atom. The van der Waals surface area contributed by atoms with Crippen LogP contribution in [-0.4, -0.2) is 116 Å². The van der Waals surface area contributed by atoms with E-state index in [0.717, 1.165) is 11.1 Å². The number of ether oxygens (including phenoxy) is 1. The lowest BCUT2D eigenvalue weighted by atomic mass is 9.95. The second-order valence-corrected chi connectivity index (χ2v) is 13.1. The highest BCUT2D eigenvalue weighted by molar-refractivity contribution is 5.76. The van der Waals surface area contributed by atoms with Crippen molar-refractivity contribution in [1.82, 2.24) is 50.4 Å². The van der Waals surface area contributed by atoms with E-state index in [9.17, 15) is 30.3 Å². The van der Waals surface area contributed by atoms with Crippen molar-refractivity contribution >= 4 is 23.1 Å². The van der Waals surface area contributed by atoms with Crippen LogP contribution >= 0.6 is 0 Å². The molecule has 2 fully saturated rings. The first-order chi connectivity index (χ1) is 25.3. The molecule has 0 aliphatic carbocycles. The van der Waals surface area contributed by atoms with E-state index >= 15 is 0 Å². The summed E-state index contributed by atoms with van der Waals surface area (Å²) in [5.41, 5.74) is 3.23. The molecule has 7 rings (SSSR count). The van der Waals surface area contributed by atoms with Crippen LogP contribution in [-0.2, 0) is 30.7 Å². The lowest BCUT2D eigenvalue weighted by Crippen LogP contribution is -2.43. The zero-order valence-corrected chi connectivity index (χ0v) is 28.2. The number of nitrogens with zero attached hydrogens (tertiary/aromatic N) is 9. The van der Waals surface area contributed by atoms with Gasteiger partial charge in [-0.15, -0.1) is 10.2 Å². The minimum atomic E-state index is -1.41. The Morgan fingerprint density at radius 2 is 1.85 bits per heavy atom. The number of aromatic nitrogens is 8. The Labute approximate surface area is 297 Å². The van der Waals surface area contributed by atoms with Crippen molar-refractivity contribution in [2.45, 2.75) is 62.9 Å². The standard InChI is InChI=1S/C34H41N11O7/c46-12-11-45-41-30(40-42-45)29-27(49)28(50)32(52-29)44-19-36-26-25(15-22(18-47)13-20-5-2-1-3-6-20)38-33(39-31(26)44)43-10-9-23(17-43)37-34(51)35-16-21-7-4-8-24(48)14-21/h1-8,14,19,22-23,27-29,32,46-50H,9-13,15-18H2,(H2,35,37,51)/t22-,23-,27+,28-,29+,32-/m1/s1. The zero-order valence-electron chi connectivity index (χ0n) is 28.2. The van der Waals surface area contributed by atoms with E-state index in [-0.39, 0.29) is 55.9 Å². The summed E-state index contributed by atoms with van der Waals surface area (Å²) in [7, 11) is 0. The van der Waals surface area contributed by atoms with Crippen molar-refractivity contribution in [3.8, 4) is 5.75 Å². The van der Waals surface area contributed by atoms with Crippen molar-refractivity contribution < 1.29 is 35.1 Å². The van der Waals surface area contributed by atoms with Crippen LogP contribution in [0.1, 0.15) is 41.4 Å². The topological polar surface area (TPSA) is 242 Å². The largest absolute Gasteiger partial charge is 0.508 e. The summed E-state index contributed by atoms with van der Waals surface area (Å²) in [4.78, 5) is 30.3. The summed E-state index contributed by atoms with van der Waals surface area (Å²) in [5.74, 6) is 0.368. The third-order valence-corrected chi connectivity index (χ3v) is 9.29. The number of aliphatic hydroxyl groups excluding tert-OH is 4. The summed E-state index contributed by atoms with van der Waals surface area (Å²) in [6.07, 6.45) is -1.95. The first-order valence-electron chi connectivity index (χ1n) is 17.1. The van der Waals surface area contributed by atoms with Gasteiger partial charge < -0.3 is 45.8 Å². The number of hydrogen-bond donors (Lipinski definition) is 7. The average Bonchev–Trinajstić information content (AvgIpc) is 3.96. The fourth-order valence-electron chi connectivity index (χ4n) is 6.66. The number of benzene rings is 2. The number of amides is 2. The minimum absolute atomic E-state index is 0.0520. The lowest BCUT2D eigenvalue weighted by molar-refractivity contribution is -0.0384. The van der Waals surface area contributed by atoms with E-state index in [1.54, 1.807) is 22.8 Å². The fraction of sp³-hybridized carbons (Fsp3) is 0.441. The number of hydrogen-bond acceptors (Lipinski definition) is 14. The molecule has 18 heteroatoms. The quantitative estimate of drug-likeness (QED) is 0.0848. The van der Waals surface area contributed by atoms with Gasteiger partial charge in [0.25, 0.3) is 0 Å². The predicted octanol–water partition coefficient (Wildman–Crippen LogP) is -0.0256. The molecule has 0 saturated carbocycles. The number of rotatable bonds is 13. The second kappa shape index (κ2) is 15.5. The summed E-state index contributed by atoms with van der Waals surface area (Å²) < 4.78 is 7.67. The molecule has 0 spiro atoms. The fourth-order valence-corrected chi connectivity index (χ4v) is 6.66. The molecule has 6 atom stereocenters. The number of nitrogens with one attached hydrogen (secondary N) is 2. The number of carbonyl (C=O) groups is 1. The molecule has 52 heavy (non-hydrogen) atoms. The Bertz CT molecular complexity index is 1980. The highest BCUT2D eigenvalue weighted by Gasteiger charge is 2.47. The van der Waals surface area contributed by atoms with E-state index in [4.69, 9.17) is 14.7 Å². The van der Waals surface area contributed by atoms with Gasteiger partial charge in [-0.05, 0) is 53.7 Å². The third-order valence-electron chi connectivity index (χ3n) is 9.29. The summed E-state index contributed by atoms with van der Waals surface area (Å²) in [6.45, 7) is 1.02. The molecule has 2 aliphatic heterocycles. The number of aliphatic hydroxyl groups is 4. The van der Waals surface area contributed by atoms with Gasteiger partial charge in [-0.2, -0.15) is 9.78 Å². The molecule has 0 bridgehead atoms. The molecule has 274 valence electrons. The van der Waals surface area contributed by atoms with Crippen LogP contribution in [0.5, 0.6) is 5.75 Å². The number of phenols is 1. The summed E-state index contributed by atoms with van der Waals surface area (Å²) >= 11 is 0. The number of carbonyl (C=O) groups excluding carboxylic acids is 1. The molecule has 2 aromatic carbocycles. The predicted molar refractivity (Wildman–Crippen MR) is 184 cm³/mol. The van der Waals surface area contributed by atoms with Crippen LogP contribution in [0.2, 0.25) is 0 Å². The molecule has 0 radical (unpaired) electrons. The molecule has 2 amide bonds. The molecule has 3 aromatic heterocycles. The van der Waals surface area contributed by atoms with Gasteiger partial charge in [-0.25, -0.2) is 14.8 Å². The average molecular weight is 716 g/mol. The third kappa shape index (κ3) is 7.65. The number of tetrazole rings is 1. The SMILES string of the molecule is O=C(NCc1cccc(O)c1)N[C@@H]1CCN(c2nc(C[C@H](CO)Cc3ccccc3)c3ncn([C@@H]4O[C@H](c5nnn(CCO)n5)[C@@H](O)[C@H]4O)c3n2)C1. The number of anilines is 1. The smallest absolute Gasteiger partial charge is 0.315 e. The van der Waals surface area contributed by atoms with Gasteiger partial charge in [0.05, 0.1) is 25.2 Å². The maximum atomic E-state index is 12.8. The van der Waals surface area contributed by atoms with Gasteiger partial charge in [0, 0.05) is 32.3 Å². The van der Waals surface area contributed by atoms with Crippen LogP contribution in [0.25, 0.3) is 11.2 Å². The van der Waals surface area contributed by atoms with Crippen LogP contribution in [0.4, 0.5) is 10.7 Å². The molecular formula is C34H41N11O7. The van der Waals surface area contributed by atoms with Gasteiger partial charge in [-0.1, -0.05) is 42.5 Å². The Hall–Kier alpha value is -5.27. The van der Waals surface area contributed by atoms with E-state index in [0.29, 0.717) is 55.2 Å². The molecule has 2 aliphatic rings. The van der Waals surface area contributed by atoms with E-state index < -0.39 is 24.5 Å². The maximum absolute atomic E-state index is 12.8. The first kappa shape index (κ1) is 35.1.